The molecule has 11 heteroatoms. The van der Waals surface area contributed by atoms with Crippen molar-refractivity contribution in [2.75, 3.05) is 6.61 Å². The lowest BCUT2D eigenvalue weighted by atomic mass is 9.93. The zero-order chi connectivity index (χ0) is 37.2. The first kappa shape index (κ1) is 39.7. The number of nitrogens with one attached hydrogen (secondary N) is 1. The van der Waals surface area contributed by atoms with Crippen molar-refractivity contribution in [3.8, 4) is 6.07 Å². The number of carbonyl (C=O) groups excluding carboxylic acids is 1. The summed E-state index contributed by atoms with van der Waals surface area (Å²) in [4.78, 5) is 21.8. The summed E-state index contributed by atoms with van der Waals surface area (Å²) in [5, 5.41) is 13.0. The number of amidine groups is 1. The molecule has 1 aromatic carbocycles. The quantitative estimate of drug-likeness (QED) is 0.0330. The molecule has 11 nitrogen and oxygen atoms in total. The third-order valence-corrected chi connectivity index (χ3v) is 8.15. The van der Waals surface area contributed by atoms with E-state index in [1.807, 2.05) is 49.4 Å². The van der Waals surface area contributed by atoms with Crippen LogP contribution in [-0.2, 0) is 16.1 Å². The molecule has 0 bridgehead atoms. The maximum absolute atomic E-state index is 12.2. The molecule has 0 aliphatic heterocycles. The van der Waals surface area contributed by atoms with Crippen molar-refractivity contribution in [2.24, 2.45) is 28.4 Å². The number of amides is 1. The Kier molecular flexibility index (Phi) is 16.1. The number of hydrazine groups is 1. The second kappa shape index (κ2) is 20.7. The second-order valence-electron chi connectivity index (χ2n) is 11.9. The first-order valence-corrected chi connectivity index (χ1v) is 17.4. The maximum Gasteiger partial charge on any atom is 0.228 e. The summed E-state index contributed by atoms with van der Waals surface area (Å²) in [7, 11) is 0. The molecule has 0 fully saturated rings. The molecule has 51 heavy (non-hydrogen) atoms. The average molecular weight is 690 g/mol. The number of nitriles is 1. The number of benzene rings is 1. The number of primary amides is 1. The van der Waals surface area contributed by atoms with Crippen LogP contribution >= 0.6 is 0 Å². The van der Waals surface area contributed by atoms with Crippen LogP contribution in [0.5, 0.6) is 0 Å². The van der Waals surface area contributed by atoms with E-state index in [9.17, 15) is 10.1 Å². The topological polar surface area (TPSA) is 183 Å². The molecular formula is C40H51N9O2. The molecule has 1 unspecified atom stereocenters. The molecule has 0 radical (unpaired) electrons. The first-order valence-electron chi connectivity index (χ1n) is 17.4. The van der Waals surface area contributed by atoms with E-state index >= 15 is 0 Å². The molecular weight excluding hydrogens is 639 g/mol. The fourth-order valence-corrected chi connectivity index (χ4v) is 5.20. The van der Waals surface area contributed by atoms with Gasteiger partial charge in [0.2, 0.25) is 5.91 Å². The summed E-state index contributed by atoms with van der Waals surface area (Å²) in [5.41, 5.74) is 14.4. The van der Waals surface area contributed by atoms with Gasteiger partial charge < -0.3 is 26.3 Å². The van der Waals surface area contributed by atoms with Crippen LogP contribution in [0.3, 0.4) is 0 Å². The number of hydrogen-bond acceptors (Lipinski definition) is 8. The molecule has 2 heterocycles. The number of aromatic nitrogens is 3. The van der Waals surface area contributed by atoms with E-state index in [1.54, 1.807) is 24.4 Å². The molecule has 2 aromatic heterocycles. The standard InChI is InChI=1S/C36H41N9O2.C4H10/c1-4-7-18-45-35(42-32-20-28(22-41-36(32)45)34(43-39)44-40)27-10-8-11-30(17-16-27)47-23-29(19-25(6-3)33(38)46)31(9-5-2)26-14-12-24(21-37)13-15-26;1-3-4-2/h6,8-9,11-17,19-20,22,25H,3-5,7,10,18,23,39-40H2,1-2H3,(H2,38,46)(H,43,44);3-4H2,1-2H3/b29-19-,31-9-;. The van der Waals surface area contributed by atoms with E-state index in [0.717, 1.165) is 59.6 Å². The highest BCUT2D eigenvalue weighted by Gasteiger charge is 2.18. The number of rotatable bonds is 15. The molecule has 1 atom stereocenters. The molecule has 1 amide bonds. The fraction of sp³-hybridized carbons (Fsp3) is 0.325. The van der Waals surface area contributed by atoms with Crippen LogP contribution in [0.15, 0.2) is 102 Å². The highest BCUT2D eigenvalue weighted by atomic mass is 16.5. The van der Waals surface area contributed by atoms with E-state index in [-0.39, 0.29) is 6.61 Å². The Bertz CT molecular complexity index is 1870. The minimum absolute atomic E-state index is 0.171. The third-order valence-electron chi connectivity index (χ3n) is 8.15. The van der Waals surface area contributed by atoms with Gasteiger partial charge in [-0.05, 0) is 71.9 Å². The van der Waals surface area contributed by atoms with Crippen LogP contribution in [0.1, 0.15) is 88.7 Å². The number of nitrogens with zero attached hydrogens (tertiary/aromatic N) is 5. The predicted octanol–water partition coefficient (Wildman–Crippen LogP) is 6.94. The van der Waals surface area contributed by atoms with Crippen molar-refractivity contribution in [1.29, 1.82) is 5.26 Å². The van der Waals surface area contributed by atoms with Crippen LogP contribution in [0.2, 0.25) is 0 Å². The Balaban J connectivity index is 0.00000166. The van der Waals surface area contributed by atoms with Gasteiger partial charge in [-0.25, -0.2) is 15.8 Å². The fourth-order valence-electron chi connectivity index (χ4n) is 5.20. The molecule has 4 rings (SSSR count). The van der Waals surface area contributed by atoms with Gasteiger partial charge in [0.25, 0.3) is 0 Å². The Hall–Kier alpha value is -5.73. The minimum Gasteiger partial charge on any atom is -0.489 e. The lowest BCUT2D eigenvalue weighted by Gasteiger charge is -2.17. The molecule has 7 N–H and O–H groups in total. The Morgan fingerprint density at radius 1 is 1.16 bits per heavy atom. The van der Waals surface area contributed by atoms with Gasteiger partial charge in [-0.15, -0.1) is 6.58 Å². The lowest BCUT2D eigenvalue weighted by molar-refractivity contribution is -0.119. The van der Waals surface area contributed by atoms with Crippen LogP contribution in [-0.4, -0.2) is 32.9 Å². The van der Waals surface area contributed by atoms with Crippen LogP contribution in [0.25, 0.3) is 22.3 Å². The van der Waals surface area contributed by atoms with E-state index in [1.165, 1.54) is 18.9 Å². The average Bonchev–Trinajstić information content (AvgIpc) is 3.34. The summed E-state index contributed by atoms with van der Waals surface area (Å²) in [6.45, 7) is 13.3. The third kappa shape index (κ3) is 10.9. The van der Waals surface area contributed by atoms with Crippen LogP contribution in [0.4, 0.5) is 0 Å². The SMILES string of the molecule is C=CC(/C=C(COC1=CC=C(c2nc3cc(/C(=N/N)NN)cnc3n2CCCC)CC=C1)\C(=C/CC)c1ccc(C#N)cc1)C(N)=O.CCCC. The van der Waals surface area contributed by atoms with Crippen molar-refractivity contribution in [3.63, 3.8) is 0 Å². The maximum atomic E-state index is 12.2. The van der Waals surface area contributed by atoms with Gasteiger partial charge in [-0.3, -0.25) is 4.79 Å². The normalized spacial score (nSPS) is 14.0. The highest BCUT2D eigenvalue weighted by Crippen LogP contribution is 2.29. The van der Waals surface area contributed by atoms with Gasteiger partial charge in [-0.1, -0.05) is 89.5 Å². The molecule has 1 aliphatic rings. The highest BCUT2D eigenvalue weighted by molar-refractivity contribution is 6.00. The van der Waals surface area contributed by atoms with Gasteiger partial charge in [0.1, 0.15) is 23.7 Å². The van der Waals surface area contributed by atoms with Crippen molar-refractivity contribution in [3.05, 3.63) is 119 Å². The van der Waals surface area contributed by atoms with Gasteiger partial charge in [0.15, 0.2) is 11.5 Å². The summed E-state index contributed by atoms with van der Waals surface area (Å²) in [6, 6.07) is 11.3. The van der Waals surface area contributed by atoms with Crippen LogP contribution < -0.4 is 22.8 Å². The van der Waals surface area contributed by atoms with E-state index < -0.39 is 11.8 Å². The molecule has 268 valence electrons. The predicted molar refractivity (Wildman–Crippen MR) is 207 cm³/mol. The van der Waals surface area contributed by atoms with Gasteiger partial charge >= 0.3 is 0 Å². The van der Waals surface area contributed by atoms with Crippen molar-refractivity contribution >= 4 is 34.1 Å². The zero-order valence-electron chi connectivity index (χ0n) is 30.2. The number of nitrogens with two attached hydrogens (primary N) is 3. The van der Waals surface area contributed by atoms with E-state index in [0.29, 0.717) is 34.7 Å². The van der Waals surface area contributed by atoms with Crippen molar-refractivity contribution in [2.45, 2.75) is 72.8 Å². The Morgan fingerprint density at radius 3 is 2.49 bits per heavy atom. The molecule has 1 aliphatic carbocycles. The van der Waals surface area contributed by atoms with Crippen molar-refractivity contribution in [1.82, 2.24) is 20.0 Å². The zero-order valence-corrected chi connectivity index (χ0v) is 30.2. The first-order chi connectivity index (χ1) is 24.8. The molecule has 3 aromatic rings. The largest absolute Gasteiger partial charge is 0.489 e. The smallest absolute Gasteiger partial charge is 0.228 e. The number of unbranched alkanes of at least 4 members (excludes halogenated alkanes) is 2. The number of carbonyl (C=O) groups is 1. The minimum atomic E-state index is -0.685. The molecule has 0 saturated heterocycles. The van der Waals surface area contributed by atoms with Gasteiger partial charge in [0.05, 0.1) is 17.6 Å². The number of pyridine rings is 1. The Labute approximate surface area is 301 Å². The summed E-state index contributed by atoms with van der Waals surface area (Å²) in [6.07, 6.45) is 20.9. The summed E-state index contributed by atoms with van der Waals surface area (Å²) in [5.74, 6) is 11.6. The number of hydrogen-bond donors (Lipinski definition) is 4. The van der Waals surface area contributed by atoms with E-state index in [2.05, 4.69) is 59.6 Å². The monoisotopic (exact) mass is 689 g/mol. The number of imidazole rings is 1. The number of aryl methyl sites for hydroxylation is 1. The van der Waals surface area contributed by atoms with Crippen molar-refractivity contribution < 1.29 is 9.53 Å². The van der Waals surface area contributed by atoms with E-state index in [4.69, 9.17) is 27.1 Å². The Morgan fingerprint density at radius 2 is 1.90 bits per heavy atom. The van der Waals surface area contributed by atoms with Crippen LogP contribution in [0, 0.1) is 17.2 Å². The second-order valence-corrected chi connectivity index (χ2v) is 11.9. The number of allylic oxidation sites excluding steroid dienone is 6. The molecule has 0 saturated carbocycles. The number of ether oxygens (including phenoxy) is 1. The van der Waals surface area contributed by atoms with Gasteiger partial charge in [-0.2, -0.15) is 10.4 Å². The summed E-state index contributed by atoms with van der Waals surface area (Å²) >= 11 is 0. The molecule has 0 spiro atoms. The number of hydrazone groups is 1. The number of fused-ring (bicyclic) bond motifs is 1. The lowest BCUT2D eigenvalue weighted by Crippen LogP contribution is -2.32. The van der Waals surface area contributed by atoms with Gasteiger partial charge in [0, 0.05) is 18.3 Å². The summed E-state index contributed by atoms with van der Waals surface area (Å²) < 4.78 is 8.48.